The molecule has 0 spiro atoms. The standard InChI is InChI=1S/C25H33N5/c1-8-28(6)25-23(20(5)29(7)16-22-13-14-26-15-22)30(24(27-25)18(2)3)17-21-11-9-19(4)10-12-21/h8-14,18H,1,5,15-17H2,2-4,6-7H3. The zero-order chi connectivity index (χ0) is 21.8. The van der Waals surface area contributed by atoms with Gasteiger partial charge in [-0.2, -0.15) is 0 Å². The summed E-state index contributed by atoms with van der Waals surface area (Å²) in [5, 5.41) is 0. The number of imidazole rings is 1. The summed E-state index contributed by atoms with van der Waals surface area (Å²) in [7, 11) is 4.07. The second-order valence-corrected chi connectivity index (χ2v) is 8.28. The van der Waals surface area contributed by atoms with Crippen LogP contribution in [0.1, 0.15) is 42.4 Å². The van der Waals surface area contributed by atoms with Crippen molar-refractivity contribution in [2.24, 2.45) is 4.99 Å². The van der Waals surface area contributed by atoms with Gasteiger partial charge < -0.3 is 14.4 Å². The third-order valence-electron chi connectivity index (χ3n) is 5.45. The second kappa shape index (κ2) is 9.16. The second-order valence-electron chi connectivity index (χ2n) is 8.28. The van der Waals surface area contributed by atoms with Gasteiger partial charge in [0.2, 0.25) is 0 Å². The van der Waals surface area contributed by atoms with Gasteiger partial charge in [-0.3, -0.25) is 4.99 Å². The van der Waals surface area contributed by atoms with Crippen LogP contribution in [0.3, 0.4) is 0 Å². The molecule has 0 N–H and O–H groups in total. The summed E-state index contributed by atoms with van der Waals surface area (Å²) >= 11 is 0. The van der Waals surface area contributed by atoms with E-state index in [2.05, 4.69) is 85.8 Å². The first-order valence-electron chi connectivity index (χ1n) is 10.4. The summed E-state index contributed by atoms with van der Waals surface area (Å²) in [5.74, 6) is 2.21. The van der Waals surface area contributed by atoms with Crippen LogP contribution < -0.4 is 4.90 Å². The number of aryl methyl sites for hydroxylation is 1. The highest BCUT2D eigenvalue weighted by Crippen LogP contribution is 2.32. The molecule has 158 valence electrons. The van der Waals surface area contributed by atoms with Crippen molar-refractivity contribution in [3.63, 3.8) is 0 Å². The van der Waals surface area contributed by atoms with E-state index >= 15 is 0 Å². The molecule has 0 fully saturated rings. The van der Waals surface area contributed by atoms with Crippen LogP contribution >= 0.6 is 0 Å². The molecule has 2 aromatic rings. The molecule has 0 unspecified atom stereocenters. The van der Waals surface area contributed by atoms with Gasteiger partial charge in [0.25, 0.3) is 0 Å². The fourth-order valence-electron chi connectivity index (χ4n) is 3.62. The molecule has 1 aromatic carbocycles. The Bertz CT molecular complexity index is 976. The Hall–Kier alpha value is -3.08. The van der Waals surface area contributed by atoms with Crippen molar-refractivity contribution in [2.75, 3.05) is 32.1 Å². The van der Waals surface area contributed by atoms with Gasteiger partial charge in [0.05, 0.1) is 12.2 Å². The summed E-state index contributed by atoms with van der Waals surface area (Å²) in [5.41, 5.74) is 5.76. The third kappa shape index (κ3) is 4.56. The first-order chi connectivity index (χ1) is 14.3. The minimum absolute atomic E-state index is 0.283. The van der Waals surface area contributed by atoms with Crippen LogP contribution in [0.5, 0.6) is 0 Å². The van der Waals surface area contributed by atoms with E-state index in [0.717, 1.165) is 42.7 Å². The molecule has 3 rings (SSSR count). The van der Waals surface area contributed by atoms with Crippen LogP contribution in [0.2, 0.25) is 0 Å². The lowest BCUT2D eigenvalue weighted by molar-refractivity contribution is 0.513. The first-order valence-corrected chi connectivity index (χ1v) is 10.4. The molecule has 0 radical (unpaired) electrons. The third-order valence-corrected chi connectivity index (χ3v) is 5.45. The van der Waals surface area contributed by atoms with Gasteiger partial charge in [-0.05, 0) is 30.3 Å². The SMILES string of the molecule is C=CN(C)c1nc(C(C)C)n(Cc2ccc(C)cc2)c1C(=C)N(C)CC1=CC=NC1. The van der Waals surface area contributed by atoms with Crippen LogP contribution in [0.15, 0.2) is 60.3 Å². The minimum Gasteiger partial charge on any atom is -0.369 e. The summed E-state index contributed by atoms with van der Waals surface area (Å²) in [6, 6.07) is 8.69. The number of allylic oxidation sites excluding steroid dienone is 1. The van der Waals surface area contributed by atoms with Crippen molar-refractivity contribution in [1.82, 2.24) is 14.5 Å². The maximum atomic E-state index is 5.02. The van der Waals surface area contributed by atoms with Gasteiger partial charge in [-0.15, -0.1) is 0 Å². The summed E-state index contributed by atoms with van der Waals surface area (Å²) in [6.07, 6.45) is 5.76. The summed E-state index contributed by atoms with van der Waals surface area (Å²) < 4.78 is 2.31. The van der Waals surface area contributed by atoms with E-state index in [1.165, 1.54) is 16.7 Å². The number of aromatic nitrogens is 2. The highest BCUT2D eigenvalue weighted by atomic mass is 15.3. The number of hydrogen-bond acceptors (Lipinski definition) is 4. The van der Waals surface area contributed by atoms with Gasteiger partial charge in [0.1, 0.15) is 11.5 Å². The molecule has 5 nitrogen and oxygen atoms in total. The molecule has 0 atom stereocenters. The van der Waals surface area contributed by atoms with Gasteiger partial charge in [-0.25, -0.2) is 4.98 Å². The number of nitrogens with zero attached hydrogens (tertiary/aromatic N) is 5. The lowest BCUT2D eigenvalue weighted by Gasteiger charge is -2.26. The van der Waals surface area contributed by atoms with Crippen LogP contribution in [-0.2, 0) is 6.54 Å². The molecule has 0 amide bonds. The minimum atomic E-state index is 0.283. The van der Waals surface area contributed by atoms with Crippen molar-refractivity contribution in [3.05, 3.63) is 77.9 Å². The lowest BCUT2D eigenvalue weighted by atomic mass is 10.1. The Balaban J connectivity index is 2.05. The van der Waals surface area contributed by atoms with Gasteiger partial charge in [-0.1, -0.05) is 56.8 Å². The van der Waals surface area contributed by atoms with E-state index in [1.54, 1.807) is 6.20 Å². The predicted molar refractivity (Wildman–Crippen MR) is 128 cm³/mol. The fourth-order valence-corrected chi connectivity index (χ4v) is 3.62. The van der Waals surface area contributed by atoms with Gasteiger partial charge >= 0.3 is 0 Å². The highest BCUT2D eigenvalue weighted by molar-refractivity contribution is 5.76. The summed E-state index contributed by atoms with van der Waals surface area (Å²) in [6.45, 7) is 17.2. The van der Waals surface area contributed by atoms with Crippen LogP contribution in [-0.4, -0.2) is 47.9 Å². The predicted octanol–water partition coefficient (Wildman–Crippen LogP) is 4.86. The Kier molecular flexibility index (Phi) is 6.60. The van der Waals surface area contributed by atoms with Gasteiger partial charge in [0, 0.05) is 39.3 Å². The normalized spacial score (nSPS) is 12.9. The Labute approximate surface area is 180 Å². The average molecular weight is 404 g/mol. The Morgan fingerprint density at radius 2 is 1.93 bits per heavy atom. The van der Waals surface area contributed by atoms with Crippen LogP contribution in [0.25, 0.3) is 5.70 Å². The van der Waals surface area contributed by atoms with Crippen molar-refractivity contribution in [2.45, 2.75) is 33.2 Å². The molecule has 0 saturated carbocycles. The molecule has 1 aromatic heterocycles. The maximum absolute atomic E-state index is 5.02. The number of hydrogen-bond donors (Lipinski definition) is 0. The molecule has 1 aliphatic heterocycles. The largest absolute Gasteiger partial charge is 0.369 e. The van der Waals surface area contributed by atoms with E-state index in [9.17, 15) is 0 Å². The summed E-state index contributed by atoms with van der Waals surface area (Å²) in [4.78, 5) is 13.5. The maximum Gasteiger partial charge on any atom is 0.160 e. The van der Waals surface area contributed by atoms with E-state index in [1.807, 2.05) is 18.2 Å². The molecule has 0 bridgehead atoms. The molecule has 1 aliphatic rings. The van der Waals surface area contributed by atoms with Crippen molar-refractivity contribution >= 4 is 17.7 Å². The number of rotatable bonds is 9. The first kappa shape index (κ1) is 21.6. The van der Waals surface area contributed by atoms with Gasteiger partial charge in [0.15, 0.2) is 5.82 Å². The quantitative estimate of drug-likeness (QED) is 0.600. The van der Waals surface area contributed by atoms with E-state index in [0.29, 0.717) is 0 Å². The topological polar surface area (TPSA) is 36.7 Å². The Morgan fingerprint density at radius 3 is 2.50 bits per heavy atom. The molecule has 5 heteroatoms. The van der Waals surface area contributed by atoms with Crippen molar-refractivity contribution in [1.29, 1.82) is 0 Å². The molecule has 0 aliphatic carbocycles. The average Bonchev–Trinajstić information content (AvgIpc) is 3.36. The van der Waals surface area contributed by atoms with E-state index in [-0.39, 0.29) is 5.92 Å². The molecule has 2 heterocycles. The highest BCUT2D eigenvalue weighted by Gasteiger charge is 2.25. The smallest absolute Gasteiger partial charge is 0.160 e. The fraction of sp³-hybridized carbons (Fsp3) is 0.360. The van der Waals surface area contributed by atoms with Crippen molar-refractivity contribution in [3.8, 4) is 0 Å². The zero-order valence-electron chi connectivity index (χ0n) is 18.9. The number of benzene rings is 1. The number of likely N-dealkylation sites (N-methyl/N-ethyl adjacent to an activating group) is 1. The van der Waals surface area contributed by atoms with E-state index < -0.39 is 0 Å². The molecule has 0 saturated heterocycles. The molecular weight excluding hydrogens is 370 g/mol. The molecular formula is C25H33N5. The van der Waals surface area contributed by atoms with Crippen LogP contribution in [0, 0.1) is 6.92 Å². The number of anilines is 1. The number of aliphatic imine (C=N–C) groups is 1. The zero-order valence-corrected chi connectivity index (χ0v) is 18.9. The van der Waals surface area contributed by atoms with Crippen LogP contribution in [0.4, 0.5) is 5.82 Å². The van der Waals surface area contributed by atoms with E-state index in [4.69, 9.17) is 4.98 Å². The van der Waals surface area contributed by atoms with Crippen molar-refractivity contribution < 1.29 is 0 Å². The monoisotopic (exact) mass is 403 g/mol. The molecule has 30 heavy (non-hydrogen) atoms. The Morgan fingerprint density at radius 1 is 1.23 bits per heavy atom. The lowest BCUT2D eigenvalue weighted by Crippen LogP contribution is -2.23.